The predicted molar refractivity (Wildman–Crippen MR) is 212 cm³/mol. The Hall–Kier alpha value is -5.02. The molecule has 1 aromatic heterocycles. The van der Waals surface area contributed by atoms with Gasteiger partial charge in [-0.15, -0.1) is 11.3 Å². The Morgan fingerprint density at radius 2 is 1.02 bits per heavy atom. The molecule has 1 heterocycles. The maximum atomic E-state index is 2.52. The van der Waals surface area contributed by atoms with Gasteiger partial charge in [0.25, 0.3) is 0 Å². The monoisotopic (exact) mass is 632 g/mol. The number of thiophene rings is 1. The Morgan fingerprint density at radius 1 is 0.383 bits per heavy atom. The average Bonchev–Trinajstić information content (AvgIpc) is 3.49. The third-order valence-electron chi connectivity index (χ3n) is 10.3. The Bertz CT molecular complexity index is 2880. The van der Waals surface area contributed by atoms with Crippen LogP contribution >= 0.6 is 11.3 Å². The average molecular weight is 633 g/mol. The molecule has 0 nitrogen and oxygen atoms in total. The zero-order chi connectivity index (χ0) is 31.4. The van der Waals surface area contributed by atoms with Crippen LogP contribution in [0.15, 0.2) is 140 Å². The molecule has 0 fully saturated rings. The van der Waals surface area contributed by atoms with E-state index < -0.39 is 8.07 Å². The highest BCUT2D eigenvalue weighted by Gasteiger charge is 2.22. The van der Waals surface area contributed by atoms with E-state index in [1.807, 2.05) is 11.3 Å². The molecule has 0 unspecified atom stereocenters. The molecule has 0 aliphatic heterocycles. The van der Waals surface area contributed by atoms with Crippen molar-refractivity contribution in [1.82, 2.24) is 0 Å². The van der Waals surface area contributed by atoms with Crippen LogP contribution in [-0.4, -0.2) is 8.07 Å². The lowest BCUT2D eigenvalue weighted by atomic mass is 9.89. The minimum atomic E-state index is -1.51. The smallest absolute Gasteiger partial charge is 0.0776 e. The summed E-state index contributed by atoms with van der Waals surface area (Å²) in [5, 5.41) is 17.5. The van der Waals surface area contributed by atoms with Gasteiger partial charge in [0, 0.05) is 20.2 Å². The van der Waals surface area contributed by atoms with Gasteiger partial charge in [0.05, 0.1) is 8.07 Å². The van der Waals surface area contributed by atoms with Crippen LogP contribution in [0, 0.1) is 0 Å². The largest absolute Gasteiger partial charge is 0.135 e. The summed E-state index contributed by atoms with van der Waals surface area (Å²) in [4.78, 5) is 0. The SMILES string of the molecule is C[Si](C)(C)c1cc2sc3cccc4cc(-c5ccc6cc(-c7cc8c9ccccc9ccc8c8ccccc78)ccc6c5)c(c1)c2c43. The minimum Gasteiger partial charge on any atom is -0.135 e. The fourth-order valence-corrected chi connectivity index (χ4v) is 10.4. The zero-order valence-corrected chi connectivity index (χ0v) is 28.5. The van der Waals surface area contributed by atoms with Crippen molar-refractivity contribution in [3.63, 3.8) is 0 Å². The zero-order valence-electron chi connectivity index (χ0n) is 26.7. The first kappa shape index (κ1) is 27.1. The van der Waals surface area contributed by atoms with E-state index in [4.69, 9.17) is 0 Å². The number of rotatable bonds is 3. The molecule has 47 heavy (non-hydrogen) atoms. The number of hydrogen-bond acceptors (Lipinski definition) is 1. The summed E-state index contributed by atoms with van der Waals surface area (Å²) in [5.74, 6) is 0. The second-order valence-corrected chi connectivity index (χ2v) is 20.3. The normalized spacial score (nSPS) is 12.6. The van der Waals surface area contributed by atoms with E-state index in [9.17, 15) is 0 Å². The molecule has 0 aliphatic rings. The molecular weight excluding hydrogens is 601 g/mol. The summed E-state index contributed by atoms with van der Waals surface area (Å²) in [7, 11) is -1.51. The molecule has 0 saturated carbocycles. The molecule has 0 spiro atoms. The highest BCUT2D eigenvalue weighted by atomic mass is 32.1. The Kier molecular flexibility index (Phi) is 5.62. The molecule has 2 heteroatoms. The van der Waals surface area contributed by atoms with Gasteiger partial charge in [0.2, 0.25) is 0 Å². The van der Waals surface area contributed by atoms with E-state index in [1.165, 1.54) is 101 Å². The number of fused-ring (bicyclic) bond motifs is 6. The molecule has 10 rings (SSSR count). The molecule has 0 atom stereocenters. The fraction of sp³-hybridized carbons (Fsp3) is 0.0667. The van der Waals surface area contributed by atoms with Gasteiger partial charge < -0.3 is 0 Å². The minimum absolute atomic E-state index is 1.26. The standard InChI is InChI=1S/C45H32SSi/c1-47(2,3)33-24-41-38(23-32-10-8-14-42-44(32)45(41)43(25-33)46-42)30-17-15-29-22-31(18-16-28(29)21-30)39-26-40-34-11-5-4-9-27(34)19-20-37(40)35-12-6-7-13-36(35)39/h4-26H,1-3H3. The van der Waals surface area contributed by atoms with Gasteiger partial charge in [-0.25, -0.2) is 0 Å². The van der Waals surface area contributed by atoms with Gasteiger partial charge in [0.1, 0.15) is 0 Å². The van der Waals surface area contributed by atoms with E-state index in [-0.39, 0.29) is 0 Å². The van der Waals surface area contributed by atoms with E-state index in [2.05, 4.69) is 159 Å². The van der Waals surface area contributed by atoms with Crippen LogP contribution in [0.5, 0.6) is 0 Å². The molecular formula is C45H32SSi. The first-order chi connectivity index (χ1) is 22.9. The Balaban J connectivity index is 1.18. The molecule has 0 radical (unpaired) electrons. The van der Waals surface area contributed by atoms with Crippen LogP contribution in [0.25, 0.3) is 96.3 Å². The first-order valence-electron chi connectivity index (χ1n) is 16.5. The molecule has 10 aromatic rings. The molecule has 222 valence electrons. The van der Waals surface area contributed by atoms with Crippen molar-refractivity contribution in [3.05, 3.63) is 140 Å². The van der Waals surface area contributed by atoms with Crippen molar-refractivity contribution in [2.24, 2.45) is 0 Å². The van der Waals surface area contributed by atoms with Crippen LogP contribution in [0.4, 0.5) is 0 Å². The topological polar surface area (TPSA) is 0 Å². The first-order valence-corrected chi connectivity index (χ1v) is 20.8. The summed E-state index contributed by atoms with van der Waals surface area (Å²) < 4.78 is 2.82. The summed E-state index contributed by atoms with van der Waals surface area (Å²) in [6.45, 7) is 7.38. The second kappa shape index (κ2) is 9.74. The van der Waals surface area contributed by atoms with E-state index >= 15 is 0 Å². The summed E-state index contributed by atoms with van der Waals surface area (Å²) in [5.41, 5.74) is 5.17. The number of hydrogen-bond donors (Lipinski definition) is 0. The van der Waals surface area contributed by atoms with Gasteiger partial charge in [-0.3, -0.25) is 0 Å². The van der Waals surface area contributed by atoms with Gasteiger partial charge in [-0.05, 0) is 113 Å². The second-order valence-electron chi connectivity index (χ2n) is 14.2. The van der Waals surface area contributed by atoms with Crippen molar-refractivity contribution in [2.75, 3.05) is 0 Å². The summed E-state index contributed by atoms with van der Waals surface area (Å²) in [6.07, 6.45) is 0. The van der Waals surface area contributed by atoms with Crippen LogP contribution in [0.1, 0.15) is 0 Å². The Morgan fingerprint density at radius 3 is 1.79 bits per heavy atom. The summed E-state index contributed by atoms with van der Waals surface area (Å²) >= 11 is 1.95. The third kappa shape index (κ3) is 4.05. The van der Waals surface area contributed by atoms with Crippen molar-refractivity contribution in [3.8, 4) is 22.3 Å². The maximum Gasteiger partial charge on any atom is 0.0776 e. The van der Waals surface area contributed by atoms with Crippen LogP contribution < -0.4 is 5.19 Å². The van der Waals surface area contributed by atoms with E-state index in [0.29, 0.717) is 0 Å². The maximum absolute atomic E-state index is 2.52. The van der Waals surface area contributed by atoms with Gasteiger partial charge >= 0.3 is 0 Å². The van der Waals surface area contributed by atoms with Gasteiger partial charge in [-0.1, -0.05) is 128 Å². The lowest BCUT2D eigenvalue weighted by Crippen LogP contribution is -2.37. The molecule has 0 N–H and O–H groups in total. The van der Waals surface area contributed by atoms with Crippen LogP contribution in [0.2, 0.25) is 19.6 Å². The summed E-state index contributed by atoms with van der Waals surface area (Å²) in [6, 6.07) is 52.9. The van der Waals surface area contributed by atoms with Gasteiger partial charge in [0.15, 0.2) is 0 Å². The molecule has 0 aliphatic carbocycles. The van der Waals surface area contributed by atoms with Gasteiger partial charge in [-0.2, -0.15) is 0 Å². The Labute approximate surface area is 278 Å². The number of benzene rings is 9. The highest BCUT2D eigenvalue weighted by Crippen LogP contribution is 2.45. The van der Waals surface area contributed by atoms with Crippen molar-refractivity contribution in [2.45, 2.75) is 19.6 Å². The lowest BCUT2D eigenvalue weighted by molar-refractivity contribution is 1.68. The fourth-order valence-electron chi connectivity index (χ4n) is 7.89. The van der Waals surface area contributed by atoms with Crippen LogP contribution in [0.3, 0.4) is 0 Å². The molecule has 0 amide bonds. The molecule has 0 bridgehead atoms. The lowest BCUT2D eigenvalue weighted by Gasteiger charge is -2.19. The van der Waals surface area contributed by atoms with E-state index in [1.54, 1.807) is 0 Å². The van der Waals surface area contributed by atoms with Crippen molar-refractivity contribution >= 4 is 98.6 Å². The predicted octanol–water partition coefficient (Wildman–Crippen LogP) is 13.1. The van der Waals surface area contributed by atoms with Crippen molar-refractivity contribution < 1.29 is 0 Å². The van der Waals surface area contributed by atoms with Crippen LogP contribution in [-0.2, 0) is 0 Å². The molecule has 9 aromatic carbocycles. The van der Waals surface area contributed by atoms with Crippen molar-refractivity contribution in [1.29, 1.82) is 0 Å². The highest BCUT2D eigenvalue weighted by molar-refractivity contribution is 7.26. The van der Waals surface area contributed by atoms with E-state index in [0.717, 1.165) is 0 Å². The third-order valence-corrected chi connectivity index (χ3v) is 13.4. The quantitative estimate of drug-likeness (QED) is 0.134. The molecule has 0 saturated heterocycles.